The van der Waals surface area contributed by atoms with Crippen LogP contribution >= 0.6 is 11.6 Å². The van der Waals surface area contributed by atoms with Crippen LogP contribution in [0.5, 0.6) is 0 Å². The van der Waals surface area contributed by atoms with Crippen LogP contribution in [0, 0.1) is 5.92 Å². The van der Waals surface area contributed by atoms with Crippen molar-refractivity contribution < 1.29 is 9.53 Å². The maximum atomic E-state index is 12.5. The van der Waals surface area contributed by atoms with E-state index in [-0.39, 0.29) is 5.97 Å². The van der Waals surface area contributed by atoms with Gasteiger partial charge < -0.3 is 4.74 Å². The number of carbonyl (C=O) groups is 1. The Morgan fingerprint density at radius 1 is 1.35 bits per heavy atom. The van der Waals surface area contributed by atoms with Gasteiger partial charge in [-0.1, -0.05) is 30.7 Å². The predicted octanol–water partition coefficient (Wildman–Crippen LogP) is 3.51. The maximum absolute atomic E-state index is 12.5. The van der Waals surface area contributed by atoms with Crippen molar-refractivity contribution in [2.24, 2.45) is 5.92 Å². The Morgan fingerprint density at radius 3 is 2.50 bits per heavy atom. The van der Waals surface area contributed by atoms with Crippen LogP contribution in [0.4, 0.5) is 0 Å². The summed E-state index contributed by atoms with van der Waals surface area (Å²) in [5, 5.41) is 4.12. The van der Waals surface area contributed by atoms with E-state index in [1.807, 2.05) is 38.1 Å². The van der Waals surface area contributed by atoms with Crippen LogP contribution in [0.15, 0.2) is 24.3 Å². The van der Waals surface area contributed by atoms with Gasteiger partial charge in [-0.25, -0.2) is 4.79 Å². The highest BCUT2D eigenvalue weighted by Crippen LogP contribution is 2.32. The molecule has 3 nitrogen and oxygen atoms in total. The highest BCUT2D eigenvalue weighted by atomic mass is 35.5. The van der Waals surface area contributed by atoms with E-state index in [9.17, 15) is 4.79 Å². The molecule has 0 saturated heterocycles. The fourth-order valence-corrected chi connectivity index (χ4v) is 2.52. The molecule has 1 aromatic rings. The summed E-state index contributed by atoms with van der Waals surface area (Å²) in [5.41, 5.74) is 0.159. The third-order valence-electron chi connectivity index (χ3n) is 3.88. The zero-order chi connectivity index (χ0) is 14.6. The number of hydrogen-bond acceptors (Lipinski definition) is 3. The molecule has 1 N–H and O–H groups in total. The molecule has 0 aliphatic heterocycles. The molecule has 1 saturated carbocycles. The Bertz CT molecular complexity index is 456. The Balaban J connectivity index is 2.28. The number of nitrogens with one attached hydrogen (secondary N) is 1. The summed E-state index contributed by atoms with van der Waals surface area (Å²) in [6.07, 6.45) is 3.15. The van der Waals surface area contributed by atoms with Gasteiger partial charge in [0.15, 0.2) is 0 Å². The molecule has 1 unspecified atom stereocenters. The SMILES string of the molecule is CCOC(=O)C(CC)(NCC1CC1)c1ccc(Cl)cc1. The van der Waals surface area contributed by atoms with Crippen molar-refractivity contribution in [3.63, 3.8) is 0 Å². The lowest BCUT2D eigenvalue weighted by atomic mass is 9.87. The Kier molecular flexibility index (Phi) is 5.06. The molecule has 2 rings (SSSR count). The second kappa shape index (κ2) is 6.59. The van der Waals surface area contributed by atoms with Gasteiger partial charge in [0.1, 0.15) is 5.54 Å². The average Bonchev–Trinajstić information content (AvgIpc) is 3.26. The van der Waals surface area contributed by atoms with Crippen molar-refractivity contribution in [2.75, 3.05) is 13.2 Å². The molecule has 0 spiro atoms. The van der Waals surface area contributed by atoms with Gasteiger partial charge in [0.05, 0.1) is 6.61 Å². The second-order valence-electron chi connectivity index (χ2n) is 5.31. The van der Waals surface area contributed by atoms with E-state index >= 15 is 0 Å². The molecule has 0 aromatic heterocycles. The summed E-state index contributed by atoms with van der Waals surface area (Å²) < 4.78 is 5.30. The van der Waals surface area contributed by atoms with E-state index in [4.69, 9.17) is 16.3 Å². The van der Waals surface area contributed by atoms with Crippen molar-refractivity contribution >= 4 is 17.6 Å². The van der Waals surface area contributed by atoms with Crippen LogP contribution in [0.3, 0.4) is 0 Å². The van der Waals surface area contributed by atoms with E-state index in [1.165, 1.54) is 12.8 Å². The molecule has 1 aliphatic carbocycles. The number of esters is 1. The minimum absolute atomic E-state index is 0.203. The first-order chi connectivity index (χ1) is 9.62. The molecule has 1 atom stereocenters. The van der Waals surface area contributed by atoms with Crippen molar-refractivity contribution in [2.45, 2.75) is 38.6 Å². The topological polar surface area (TPSA) is 38.3 Å². The fraction of sp³-hybridized carbons (Fsp3) is 0.562. The lowest BCUT2D eigenvalue weighted by Gasteiger charge is -2.32. The van der Waals surface area contributed by atoms with E-state index in [0.29, 0.717) is 24.0 Å². The van der Waals surface area contributed by atoms with Crippen LogP contribution < -0.4 is 5.32 Å². The van der Waals surface area contributed by atoms with Gasteiger partial charge in [-0.2, -0.15) is 0 Å². The van der Waals surface area contributed by atoms with E-state index in [1.54, 1.807) is 0 Å². The Labute approximate surface area is 125 Å². The smallest absolute Gasteiger partial charge is 0.330 e. The highest BCUT2D eigenvalue weighted by Gasteiger charge is 2.41. The summed E-state index contributed by atoms with van der Waals surface area (Å²) in [7, 11) is 0. The van der Waals surface area contributed by atoms with Gasteiger partial charge in [0.25, 0.3) is 0 Å². The van der Waals surface area contributed by atoms with Crippen molar-refractivity contribution in [3.8, 4) is 0 Å². The zero-order valence-electron chi connectivity index (χ0n) is 12.1. The molecule has 0 radical (unpaired) electrons. The number of rotatable bonds is 7. The van der Waals surface area contributed by atoms with Crippen LogP contribution in [-0.2, 0) is 15.1 Å². The number of ether oxygens (including phenoxy) is 1. The first-order valence-electron chi connectivity index (χ1n) is 7.30. The third kappa shape index (κ3) is 3.33. The molecular formula is C16H22ClNO2. The molecule has 1 aromatic carbocycles. The van der Waals surface area contributed by atoms with E-state index < -0.39 is 5.54 Å². The predicted molar refractivity (Wildman–Crippen MR) is 80.8 cm³/mol. The molecule has 0 heterocycles. The van der Waals surface area contributed by atoms with Crippen molar-refractivity contribution in [1.82, 2.24) is 5.32 Å². The summed E-state index contributed by atoms with van der Waals surface area (Å²) in [6.45, 7) is 5.08. The first-order valence-corrected chi connectivity index (χ1v) is 7.68. The number of halogens is 1. The fourth-order valence-electron chi connectivity index (χ4n) is 2.39. The van der Waals surface area contributed by atoms with Gasteiger partial charge >= 0.3 is 5.97 Å². The number of carbonyl (C=O) groups excluding carboxylic acids is 1. The van der Waals surface area contributed by atoms with Gasteiger partial charge in [-0.15, -0.1) is 0 Å². The molecule has 110 valence electrons. The molecule has 0 amide bonds. The highest BCUT2D eigenvalue weighted by molar-refractivity contribution is 6.30. The quantitative estimate of drug-likeness (QED) is 0.782. The van der Waals surface area contributed by atoms with Crippen molar-refractivity contribution in [1.29, 1.82) is 0 Å². The van der Waals surface area contributed by atoms with Gasteiger partial charge in [0.2, 0.25) is 0 Å². The molecule has 0 bridgehead atoms. The first kappa shape index (κ1) is 15.3. The minimum atomic E-state index is -0.761. The summed E-state index contributed by atoms with van der Waals surface area (Å²) in [4.78, 5) is 12.5. The number of hydrogen-bond donors (Lipinski definition) is 1. The normalized spacial score (nSPS) is 17.6. The molecule has 20 heavy (non-hydrogen) atoms. The summed E-state index contributed by atoms with van der Waals surface area (Å²) in [6, 6.07) is 7.45. The van der Waals surface area contributed by atoms with Crippen LogP contribution in [0.25, 0.3) is 0 Å². The third-order valence-corrected chi connectivity index (χ3v) is 4.13. The zero-order valence-corrected chi connectivity index (χ0v) is 12.9. The van der Waals surface area contributed by atoms with Gasteiger partial charge in [-0.05, 0) is 56.3 Å². The molecular weight excluding hydrogens is 274 g/mol. The number of benzene rings is 1. The van der Waals surface area contributed by atoms with Gasteiger partial charge in [0, 0.05) is 5.02 Å². The standard InChI is InChI=1S/C16H22ClNO2/c1-3-16(15(19)20-4-2,18-11-12-5-6-12)13-7-9-14(17)10-8-13/h7-10,12,18H,3-6,11H2,1-2H3. The minimum Gasteiger partial charge on any atom is -0.464 e. The van der Waals surface area contributed by atoms with Crippen LogP contribution in [0.1, 0.15) is 38.7 Å². The summed E-state index contributed by atoms with van der Waals surface area (Å²) >= 11 is 5.95. The Hall–Kier alpha value is -1.06. The largest absolute Gasteiger partial charge is 0.464 e. The van der Waals surface area contributed by atoms with E-state index in [0.717, 1.165) is 12.1 Å². The van der Waals surface area contributed by atoms with Crippen molar-refractivity contribution in [3.05, 3.63) is 34.9 Å². The second-order valence-corrected chi connectivity index (χ2v) is 5.75. The molecule has 1 fully saturated rings. The summed E-state index contributed by atoms with van der Waals surface area (Å²) in [5.74, 6) is 0.494. The Morgan fingerprint density at radius 2 is 2.00 bits per heavy atom. The van der Waals surface area contributed by atoms with Gasteiger partial charge in [-0.3, -0.25) is 5.32 Å². The lowest BCUT2D eigenvalue weighted by Crippen LogP contribution is -2.50. The average molecular weight is 296 g/mol. The molecule has 1 aliphatic rings. The monoisotopic (exact) mass is 295 g/mol. The maximum Gasteiger partial charge on any atom is 0.330 e. The lowest BCUT2D eigenvalue weighted by molar-refractivity contribution is -0.152. The molecule has 4 heteroatoms. The van der Waals surface area contributed by atoms with E-state index in [2.05, 4.69) is 5.32 Å². The van der Waals surface area contributed by atoms with Crippen LogP contribution in [0.2, 0.25) is 5.02 Å². The van der Waals surface area contributed by atoms with Crippen LogP contribution in [-0.4, -0.2) is 19.1 Å².